The minimum Gasteiger partial charge on any atom is -0.273 e. The maximum absolute atomic E-state index is 13.0. The predicted octanol–water partition coefficient (Wildman–Crippen LogP) is 2.18. The van der Waals surface area contributed by atoms with E-state index < -0.39 is 5.82 Å². The molecule has 7 heteroatoms. The summed E-state index contributed by atoms with van der Waals surface area (Å²) >= 11 is 5.97. The Labute approximate surface area is 119 Å². The first kappa shape index (κ1) is 12.8. The average Bonchev–Trinajstić information content (AvgIpc) is 2.86. The van der Waals surface area contributed by atoms with Gasteiger partial charge >= 0.3 is 0 Å². The fraction of sp³-hybridized carbons (Fsp3) is 0.154. The summed E-state index contributed by atoms with van der Waals surface area (Å²) in [5, 5.41) is 1.91. The maximum atomic E-state index is 13.0. The molecule has 2 aromatic rings. The summed E-state index contributed by atoms with van der Waals surface area (Å²) in [5.74, 6) is 0.110. The number of halogens is 2. The number of hydrogen-bond donors (Lipinski definition) is 1. The van der Waals surface area contributed by atoms with Gasteiger partial charge < -0.3 is 0 Å². The average molecular weight is 293 g/mol. The van der Waals surface area contributed by atoms with E-state index in [2.05, 4.69) is 15.4 Å². The van der Waals surface area contributed by atoms with E-state index in [0.29, 0.717) is 30.0 Å². The van der Waals surface area contributed by atoms with Crippen LogP contribution in [0.2, 0.25) is 5.02 Å². The van der Waals surface area contributed by atoms with Crippen LogP contribution in [0.3, 0.4) is 0 Å². The molecule has 1 saturated heterocycles. The highest BCUT2D eigenvalue weighted by Gasteiger charge is 2.20. The molecular formula is C13H10ClFN4O. The van der Waals surface area contributed by atoms with Crippen LogP contribution in [0, 0.1) is 5.82 Å². The van der Waals surface area contributed by atoms with Gasteiger partial charge in [-0.1, -0.05) is 11.6 Å². The summed E-state index contributed by atoms with van der Waals surface area (Å²) in [4.78, 5) is 19.6. The molecule has 1 amide bonds. The number of aromatic nitrogens is 2. The van der Waals surface area contributed by atoms with E-state index in [9.17, 15) is 9.18 Å². The van der Waals surface area contributed by atoms with E-state index in [1.54, 1.807) is 23.5 Å². The van der Waals surface area contributed by atoms with Crippen LogP contribution in [0.1, 0.15) is 6.42 Å². The lowest BCUT2D eigenvalue weighted by Crippen LogP contribution is -2.33. The minimum atomic E-state index is -0.400. The van der Waals surface area contributed by atoms with Gasteiger partial charge in [0.1, 0.15) is 5.82 Å². The minimum absolute atomic E-state index is 0.0440. The summed E-state index contributed by atoms with van der Waals surface area (Å²) in [5.41, 5.74) is 3.82. The summed E-state index contributed by atoms with van der Waals surface area (Å²) < 4.78 is 13.0. The third kappa shape index (κ3) is 2.42. The number of hydrogen-bond acceptors (Lipinski definition) is 4. The Hall–Kier alpha value is -2.21. The highest BCUT2D eigenvalue weighted by atomic mass is 35.5. The SMILES string of the molecule is O=C1CCN(c2cnc(-c3ccc(F)cc3Cl)cn2)N1. The molecule has 20 heavy (non-hydrogen) atoms. The predicted molar refractivity (Wildman–Crippen MR) is 72.5 cm³/mol. The highest BCUT2D eigenvalue weighted by Crippen LogP contribution is 2.27. The van der Waals surface area contributed by atoms with Crippen molar-refractivity contribution in [2.24, 2.45) is 0 Å². The van der Waals surface area contributed by atoms with Crippen LogP contribution in [0.25, 0.3) is 11.3 Å². The molecule has 1 aliphatic heterocycles. The zero-order chi connectivity index (χ0) is 14.1. The fourth-order valence-electron chi connectivity index (χ4n) is 1.94. The van der Waals surface area contributed by atoms with Crippen LogP contribution in [0.15, 0.2) is 30.6 Å². The van der Waals surface area contributed by atoms with E-state index in [1.165, 1.54) is 12.1 Å². The summed E-state index contributed by atoms with van der Waals surface area (Å²) in [6, 6.07) is 4.10. The van der Waals surface area contributed by atoms with Crippen LogP contribution >= 0.6 is 11.6 Å². The summed E-state index contributed by atoms with van der Waals surface area (Å²) in [7, 11) is 0. The van der Waals surface area contributed by atoms with E-state index in [1.807, 2.05) is 0 Å². The molecule has 1 fully saturated rings. The zero-order valence-electron chi connectivity index (χ0n) is 10.3. The molecule has 1 aliphatic rings. The number of amides is 1. The van der Waals surface area contributed by atoms with Gasteiger partial charge in [0.2, 0.25) is 5.91 Å². The first-order chi connectivity index (χ1) is 9.63. The van der Waals surface area contributed by atoms with Crippen molar-refractivity contribution in [2.45, 2.75) is 6.42 Å². The van der Waals surface area contributed by atoms with Gasteiger partial charge in [-0.2, -0.15) is 0 Å². The molecule has 0 spiro atoms. The Morgan fingerprint density at radius 2 is 2.15 bits per heavy atom. The number of anilines is 1. The van der Waals surface area contributed by atoms with Crippen molar-refractivity contribution in [1.29, 1.82) is 0 Å². The van der Waals surface area contributed by atoms with Crippen molar-refractivity contribution < 1.29 is 9.18 Å². The molecule has 0 bridgehead atoms. The van der Waals surface area contributed by atoms with Crippen molar-refractivity contribution >= 4 is 23.3 Å². The maximum Gasteiger partial charge on any atom is 0.240 e. The van der Waals surface area contributed by atoms with Crippen LogP contribution < -0.4 is 10.4 Å². The van der Waals surface area contributed by atoms with Crippen LogP contribution in [0.4, 0.5) is 10.2 Å². The standard InChI is InChI=1S/C13H10ClFN4O/c14-10-5-8(15)1-2-9(10)11-6-17-12(7-16-11)19-4-3-13(20)18-19/h1-2,5-7H,3-4H2,(H,18,20). The Kier molecular flexibility index (Phi) is 3.23. The molecule has 1 N–H and O–H groups in total. The Bertz CT molecular complexity index is 662. The Morgan fingerprint density at radius 1 is 1.30 bits per heavy atom. The van der Waals surface area contributed by atoms with E-state index in [4.69, 9.17) is 11.6 Å². The van der Waals surface area contributed by atoms with E-state index in [-0.39, 0.29) is 10.9 Å². The first-order valence-electron chi connectivity index (χ1n) is 5.98. The van der Waals surface area contributed by atoms with Crippen molar-refractivity contribution in [3.63, 3.8) is 0 Å². The first-order valence-corrected chi connectivity index (χ1v) is 6.36. The second-order valence-electron chi connectivity index (χ2n) is 4.32. The number of rotatable bonds is 2. The topological polar surface area (TPSA) is 58.1 Å². The molecule has 0 radical (unpaired) electrons. The lowest BCUT2D eigenvalue weighted by atomic mass is 10.1. The van der Waals surface area contributed by atoms with Crippen molar-refractivity contribution in [1.82, 2.24) is 15.4 Å². The van der Waals surface area contributed by atoms with Crippen molar-refractivity contribution in [2.75, 3.05) is 11.6 Å². The fourth-order valence-corrected chi connectivity index (χ4v) is 2.21. The molecule has 0 aliphatic carbocycles. The van der Waals surface area contributed by atoms with Gasteiger partial charge in [0.25, 0.3) is 0 Å². The number of carbonyl (C=O) groups excluding carboxylic acids is 1. The Balaban J connectivity index is 1.87. The van der Waals surface area contributed by atoms with Crippen LogP contribution in [0.5, 0.6) is 0 Å². The quantitative estimate of drug-likeness (QED) is 0.922. The molecule has 0 saturated carbocycles. The Morgan fingerprint density at radius 3 is 2.75 bits per heavy atom. The molecule has 5 nitrogen and oxygen atoms in total. The van der Waals surface area contributed by atoms with Gasteiger partial charge in [0.05, 0.1) is 29.7 Å². The van der Waals surface area contributed by atoms with Crippen LogP contribution in [-0.2, 0) is 4.79 Å². The zero-order valence-corrected chi connectivity index (χ0v) is 11.1. The molecule has 1 aromatic heterocycles. The molecule has 0 atom stereocenters. The smallest absolute Gasteiger partial charge is 0.240 e. The molecule has 2 heterocycles. The van der Waals surface area contributed by atoms with E-state index >= 15 is 0 Å². The number of hydrazine groups is 1. The largest absolute Gasteiger partial charge is 0.273 e. The molecule has 102 valence electrons. The van der Waals surface area contributed by atoms with Crippen molar-refractivity contribution in [3.8, 4) is 11.3 Å². The van der Waals surface area contributed by atoms with E-state index in [0.717, 1.165) is 0 Å². The molecule has 1 aromatic carbocycles. The van der Waals surface area contributed by atoms with Gasteiger partial charge in [-0.05, 0) is 18.2 Å². The number of nitrogens with one attached hydrogen (secondary N) is 1. The van der Waals surface area contributed by atoms with Gasteiger partial charge in [-0.15, -0.1) is 0 Å². The van der Waals surface area contributed by atoms with Crippen molar-refractivity contribution in [3.05, 3.63) is 41.4 Å². The van der Waals surface area contributed by atoms with Gasteiger partial charge in [-0.25, -0.2) is 9.37 Å². The normalized spacial score (nSPS) is 14.5. The second-order valence-corrected chi connectivity index (χ2v) is 4.73. The third-order valence-electron chi connectivity index (χ3n) is 2.94. The monoisotopic (exact) mass is 292 g/mol. The summed E-state index contributed by atoms with van der Waals surface area (Å²) in [6.45, 7) is 0.560. The summed E-state index contributed by atoms with van der Waals surface area (Å²) in [6.07, 6.45) is 3.52. The lowest BCUT2D eigenvalue weighted by Gasteiger charge is -2.15. The van der Waals surface area contributed by atoms with Crippen LogP contribution in [-0.4, -0.2) is 22.4 Å². The lowest BCUT2D eigenvalue weighted by molar-refractivity contribution is -0.119. The van der Waals surface area contributed by atoms with Gasteiger partial charge in [0.15, 0.2) is 5.82 Å². The molecule has 0 unspecified atom stereocenters. The molecular weight excluding hydrogens is 283 g/mol. The second kappa shape index (κ2) is 5.05. The van der Waals surface area contributed by atoms with Gasteiger partial charge in [0, 0.05) is 12.0 Å². The number of benzene rings is 1. The third-order valence-corrected chi connectivity index (χ3v) is 3.26. The highest BCUT2D eigenvalue weighted by molar-refractivity contribution is 6.33. The van der Waals surface area contributed by atoms with Gasteiger partial charge in [-0.3, -0.25) is 20.2 Å². The number of nitrogens with zero attached hydrogens (tertiary/aromatic N) is 3. The molecule has 3 rings (SSSR count). The number of carbonyl (C=O) groups is 1.